The molecular weight excluding hydrogens is 464 g/mol. The lowest BCUT2D eigenvalue weighted by Crippen LogP contribution is -2.38. The van der Waals surface area contributed by atoms with Gasteiger partial charge in [-0.1, -0.05) is 6.07 Å². The van der Waals surface area contributed by atoms with E-state index in [0.29, 0.717) is 0 Å². The van der Waals surface area contributed by atoms with Crippen molar-refractivity contribution in [2.45, 2.75) is 6.10 Å². The van der Waals surface area contributed by atoms with Crippen LogP contribution in [0.15, 0.2) is 38.4 Å². The number of rotatable bonds is 3. The lowest BCUT2D eigenvalue weighted by Gasteiger charge is -2.32. The number of aromatic nitrogens is 3. The molecule has 0 bridgehead atoms. The predicted molar refractivity (Wildman–Crippen MR) is 99.9 cm³/mol. The van der Waals surface area contributed by atoms with Crippen LogP contribution in [0.4, 0.5) is 5.13 Å². The molecule has 0 radical (unpaired) electrons. The smallest absolute Gasteiger partial charge is 0.187 e. The molecule has 120 valence electrons. The van der Waals surface area contributed by atoms with E-state index in [-0.39, 0.29) is 6.10 Å². The molecule has 3 aromatic rings. The van der Waals surface area contributed by atoms with Gasteiger partial charge >= 0.3 is 0 Å². The molecule has 0 aromatic carbocycles. The van der Waals surface area contributed by atoms with Gasteiger partial charge in [0.15, 0.2) is 15.7 Å². The molecule has 0 N–H and O–H groups in total. The Morgan fingerprint density at radius 2 is 2.17 bits per heavy atom. The second-order valence-corrected chi connectivity index (χ2v) is 8.35. The van der Waals surface area contributed by atoms with E-state index in [0.717, 1.165) is 40.0 Å². The zero-order valence-corrected chi connectivity index (χ0v) is 16.7. The third kappa shape index (κ3) is 3.25. The van der Waals surface area contributed by atoms with Crippen molar-refractivity contribution in [3.8, 4) is 5.82 Å². The average Bonchev–Trinajstić information content (AvgIpc) is 3.27. The summed E-state index contributed by atoms with van der Waals surface area (Å²) < 4.78 is 9.34. The Labute approximate surface area is 158 Å². The number of nitrogens with zero attached hydrogens (tertiary/aromatic N) is 4. The lowest BCUT2D eigenvalue weighted by molar-refractivity contribution is 0.0421. The molecule has 3 aromatic heterocycles. The Hall–Kier alpha value is -0.740. The van der Waals surface area contributed by atoms with Gasteiger partial charge in [0.1, 0.15) is 10.7 Å². The van der Waals surface area contributed by atoms with Crippen molar-refractivity contribution in [3.05, 3.63) is 43.3 Å². The van der Waals surface area contributed by atoms with Gasteiger partial charge in [0, 0.05) is 23.0 Å². The summed E-state index contributed by atoms with van der Waals surface area (Å²) in [5, 5.41) is 5.15. The van der Waals surface area contributed by atoms with Gasteiger partial charge in [-0.15, -0.1) is 22.7 Å². The summed E-state index contributed by atoms with van der Waals surface area (Å²) in [6, 6.07) is 4.20. The van der Waals surface area contributed by atoms with Crippen molar-refractivity contribution < 1.29 is 4.74 Å². The van der Waals surface area contributed by atoms with Crippen molar-refractivity contribution in [1.82, 2.24) is 14.5 Å². The molecule has 5 nitrogen and oxygen atoms in total. The zero-order chi connectivity index (χ0) is 15.8. The minimum absolute atomic E-state index is 0.130. The number of ether oxygens (including phenoxy) is 1. The van der Waals surface area contributed by atoms with Crippen molar-refractivity contribution in [3.63, 3.8) is 0 Å². The maximum absolute atomic E-state index is 5.90. The summed E-state index contributed by atoms with van der Waals surface area (Å²) >= 11 is 10.2. The predicted octanol–water partition coefficient (Wildman–Crippen LogP) is 4.49. The fourth-order valence-electron chi connectivity index (χ4n) is 2.47. The van der Waals surface area contributed by atoms with Gasteiger partial charge in [-0.2, -0.15) is 0 Å². The molecule has 23 heavy (non-hydrogen) atoms. The number of thiazole rings is 1. The molecule has 4 heterocycles. The van der Waals surface area contributed by atoms with Gasteiger partial charge < -0.3 is 9.64 Å². The number of halogens is 2. The Morgan fingerprint density at radius 1 is 1.26 bits per heavy atom. The van der Waals surface area contributed by atoms with E-state index in [4.69, 9.17) is 9.72 Å². The van der Waals surface area contributed by atoms with Crippen LogP contribution in [0.2, 0.25) is 0 Å². The van der Waals surface area contributed by atoms with Crippen LogP contribution in [-0.2, 0) is 4.74 Å². The van der Waals surface area contributed by atoms with Gasteiger partial charge in [-0.25, -0.2) is 9.97 Å². The minimum atomic E-state index is 0.130. The number of hydrogen-bond donors (Lipinski definition) is 0. The summed E-state index contributed by atoms with van der Waals surface area (Å²) in [7, 11) is 0. The van der Waals surface area contributed by atoms with Crippen LogP contribution >= 0.6 is 54.5 Å². The van der Waals surface area contributed by atoms with Crippen LogP contribution in [0, 0.1) is 0 Å². The molecule has 1 atom stereocenters. The third-order valence-electron chi connectivity index (χ3n) is 3.56. The van der Waals surface area contributed by atoms with E-state index in [1.165, 1.54) is 4.88 Å². The second kappa shape index (κ2) is 6.64. The number of anilines is 1. The highest BCUT2D eigenvalue weighted by Crippen LogP contribution is 2.31. The highest BCUT2D eigenvalue weighted by atomic mass is 79.9. The van der Waals surface area contributed by atoms with Crippen LogP contribution in [-0.4, -0.2) is 34.2 Å². The van der Waals surface area contributed by atoms with Crippen molar-refractivity contribution in [1.29, 1.82) is 0 Å². The van der Waals surface area contributed by atoms with E-state index in [9.17, 15) is 0 Å². The van der Waals surface area contributed by atoms with Gasteiger partial charge in [-0.3, -0.25) is 4.57 Å². The Kier molecular flexibility index (Phi) is 4.55. The van der Waals surface area contributed by atoms with Gasteiger partial charge in [-0.05, 0) is 43.3 Å². The maximum Gasteiger partial charge on any atom is 0.187 e. The number of hydrogen-bond acceptors (Lipinski definition) is 6. The highest BCUT2D eigenvalue weighted by molar-refractivity contribution is 9.11. The van der Waals surface area contributed by atoms with Crippen molar-refractivity contribution in [2.24, 2.45) is 0 Å². The fourth-order valence-corrected chi connectivity index (χ4v) is 5.16. The maximum atomic E-state index is 5.90. The molecule has 1 aliphatic rings. The zero-order valence-electron chi connectivity index (χ0n) is 11.9. The largest absolute Gasteiger partial charge is 0.369 e. The molecule has 1 fully saturated rings. The molecule has 9 heteroatoms. The molecule has 0 saturated carbocycles. The monoisotopic (exact) mass is 474 g/mol. The van der Waals surface area contributed by atoms with Crippen LogP contribution < -0.4 is 4.90 Å². The Bertz CT molecular complexity index is 802. The highest BCUT2D eigenvalue weighted by Gasteiger charge is 2.25. The third-order valence-corrected chi connectivity index (χ3v) is 6.35. The average molecular weight is 476 g/mol. The standard InChI is InChI=1S/C14H12Br2N4OS2/c15-11-7-20(13(16)17-11)12-8-23-14(18-12)19-3-4-21-9(6-19)10-2-1-5-22-10/h1-2,5,7-9H,3-4,6H2. The molecule has 1 unspecified atom stereocenters. The molecule has 1 aliphatic heterocycles. The van der Waals surface area contributed by atoms with E-state index in [1.54, 1.807) is 22.7 Å². The number of morpholine rings is 1. The van der Waals surface area contributed by atoms with E-state index < -0.39 is 0 Å². The first kappa shape index (κ1) is 15.8. The topological polar surface area (TPSA) is 43.2 Å². The SMILES string of the molecule is Brc1cn(-c2csc(N3CCOC(c4cccs4)C3)n2)c(Br)n1. The Morgan fingerprint density at radius 3 is 2.91 bits per heavy atom. The van der Waals surface area contributed by atoms with Crippen LogP contribution in [0.3, 0.4) is 0 Å². The molecule has 1 saturated heterocycles. The molecule has 4 rings (SSSR count). The van der Waals surface area contributed by atoms with E-state index >= 15 is 0 Å². The first-order chi connectivity index (χ1) is 11.2. The first-order valence-corrected chi connectivity index (χ1v) is 10.3. The number of imidazole rings is 1. The molecule has 0 spiro atoms. The number of thiophene rings is 1. The summed E-state index contributed by atoms with van der Waals surface area (Å²) in [6.45, 7) is 2.42. The van der Waals surface area contributed by atoms with Gasteiger partial charge in [0.25, 0.3) is 0 Å². The van der Waals surface area contributed by atoms with E-state index in [1.807, 2.05) is 16.1 Å². The van der Waals surface area contributed by atoms with Gasteiger partial charge in [0.05, 0.1) is 13.2 Å². The molecule has 0 aliphatic carbocycles. The summed E-state index contributed by atoms with van der Waals surface area (Å²) in [6.07, 6.45) is 2.03. The van der Waals surface area contributed by atoms with Crippen LogP contribution in [0.25, 0.3) is 5.82 Å². The summed E-state index contributed by atoms with van der Waals surface area (Å²) in [5.41, 5.74) is 0. The molecular formula is C14H12Br2N4OS2. The van der Waals surface area contributed by atoms with Crippen molar-refractivity contribution in [2.75, 3.05) is 24.6 Å². The van der Waals surface area contributed by atoms with Crippen LogP contribution in [0.1, 0.15) is 11.0 Å². The normalized spacial score (nSPS) is 18.5. The Balaban J connectivity index is 1.55. The van der Waals surface area contributed by atoms with E-state index in [2.05, 4.69) is 59.3 Å². The van der Waals surface area contributed by atoms with Gasteiger partial charge in [0.2, 0.25) is 0 Å². The lowest BCUT2D eigenvalue weighted by atomic mass is 10.2. The second-order valence-electron chi connectivity index (χ2n) is 5.01. The fraction of sp³-hybridized carbons (Fsp3) is 0.286. The molecule has 0 amide bonds. The summed E-state index contributed by atoms with van der Waals surface area (Å²) in [4.78, 5) is 12.6. The summed E-state index contributed by atoms with van der Waals surface area (Å²) in [5.74, 6) is 0.870. The quantitative estimate of drug-likeness (QED) is 0.559. The van der Waals surface area contributed by atoms with Crippen molar-refractivity contribution >= 4 is 59.7 Å². The van der Waals surface area contributed by atoms with Crippen LogP contribution in [0.5, 0.6) is 0 Å². The first-order valence-electron chi connectivity index (χ1n) is 6.97. The minimum Gasteiger partial charge on any atom is -0.369 e.